The molecular formula is C18H21NO3S. The van der Waals surface area contributed by atoms with Gasteiger partial charge in [0.05, 0.1) is 12.3 Å². The minimum atomic E-state index is -3.67. The van der Waals surface area contributed by atoms with Crippen molar-refractivity contribution < 1.29 is 13.2 Å². The zero-order valence-electron chi connectivity index (χ0n) is 13.6. The van der Waals surface area contributed by atoms with E-state index in [1.165, 1.54) is 4.31 Å². The third-order valence-corrected chi connectivity index (χ3v) is 6.03. The Morgan fingerprint density at radius 3 is 2.70 bits per heavy atom. The molecule has 2 aromatic rings. The summed E-state index contributed by atoms with van der Waals surface area (Å²) >= 11 is 0. The van der Waals surface area contributed by atoms with Crippen LogP contribution in [-0.2, 0) is 16.4 Å². The molecule has 1 aliphatic rings. The summed E-state index contributed by atoms with van der Waals surface area (Å²) in [5.41, 5.74) is 2.73. The van der Waals surface area contributed by atoms with Crippen LogP contribution in [0.1, 0.15) is 25.0 Å². The lowest BCUT2D eigenvalue weighted by atomic mass is 10.1. The summed E-state index contributed by atoms with van der Waals surface area (Å²) in [4.78, 5) is 0.239. The first-order valence-corrected chi connectivity index (χ1v) is 9.25. The van der Waals surface area contributed by atoms with E-state index in [4.69, 9.17) is 4.74 Å². The number of nitrogens with zero attached hydrogens (tertiary/aromatic N) is 1. The highest BCUT2D eigenvalue weighted by Crippen LogP contribution is 2.38. The predicted molar refractivity (Wildman–Crippen MR) is 91.6 cm³/mol. The quantitative estimate of drug-likeness (QED) is 0.861. The Hall–Kier alpha value is -2.01. The van der Waals surface area contributed by atoms with Crippen LogP contribution >= 0.6 is 0 Å². The molecular weight excluding hydrogens is 310 g/mol. The van der Waals surface area contributed by atoms with Crippen molar-refractivity contribution in [3.63, 3.8) is 0 Å². The first kappa shape index (κ1) is 15.9. The molecule has 5 heteroatoms. The number of rotatable bonds is 4. The molecule has 0 aromatic heterocycles. The van der Waals surface area contributed by atoms with E-state index < -0.39 is 10.0 Å². The molecule has 4 nitrogen and oxygen atoms in total. The van der Waals surface area contributed by atoms with Gasteiger partial charge < -0.3 is 4.74 Å². The molecule has 122 valence electrons. The van der Waals surface area contributed by atoms with Crippen molar-refractivity contribution in [3.8, 4) is 5.75 Å². The predicted octanol–water partition coefficient (Wildman–Crippen LogP) is 3.53. The minimum Gasteiger partial charge on any atom is -0.492 e. The van der Waals surface area contributed by atoms with Gasteiger partial charge in [0.15, 0.2) is 0 Å². The van der Waals surface area contributed by atoms with Crippen LogP contribution in [0.5, 0.6) is 5.75 Å². The van der Waals surface area contributed by atoms with Gasteiger partial charge in [0.1, 0.15) is 10.6 Å². The summed E-state index contributed by atoms with van der Waals surface area (Å²) < 4.78 is 33.7. The summed E-state index contributed by atoms with van der Waals surface area (Å²) in [6, 6.07) is 12.9. The van der Waals surface area contributed by atoms with Crippen molar-refractivity contribution >= 4 is 15.7 Å². The van der Waals surface area contributed by atoms with Crippen LogP contribution in [0.15, 0.2) is 47.4 Å². The lowest BCUT2D eigenvalue weighted by Crippen LogP contribution is -2.36. The Kier molecular flexibility index (Phi) is 4.06. The number of anilines is 1. The second kappa shape index (κ2) is 5.89. The number of hydrogen-bond acceptors (Lipinski definition) is 3. The van der Waals surface area contributed by atoms with Crippen LogP contribution in [0.25, 0.3) is 0 Å². The zero-order chi connectivity index (χ0) is 16.6. The van der Waals surface area contributed by atoms with E-state index in [1.807, 2.05) is 51.1 Å². The van der Waals surface area contributed by atoms with Gasteiger partial charge in [-0.05, 0) is 56.5 Å². The highest BCUT2D eigenvalue weighted by atomic mass is 32.2. The molecule has 1 aliphatic heterocycles. The van der Waals surface area contributed by atoms with E-state index in [9.17, 15) is 8.42 Å². The lowest BCUT2D eigenvalue weighted by Gasteiger charge is -2.25. The maximum atomic E-state index is 13.3. The van der Waals surface area contributed by atoms with E-state index in [-0.39, 0.29) is 10.9 Å². The Balaban J connectivity index is 2.15. The molecule has 0 aliphatic carbocycles. The summed E-state index contributed by atoms with van der Waals surface area (Å²) in [5, 5.41) is 0. The van der Waals surface area contributed by atoms with Crippen LogP contribution in [-0.4, -0.2) is 21.1 Å². The Labute approximate surface area is 137 Å². The molecule has 23 heavy (non-hydrogen) atoms. The second-order valence-corrected chi connectivity index (χ2v) is 7.65. The fraction of sp³-hybridized carbons (Fsp3) is 0.333. The Morgan fingerprint density at radius 2 is 1.96 bits per heavy atom. The van der Waals surface area contributed by atoms with Gasteiger partial charge in [0, 0.05) is 6.04 Å². The Bertz CT molecular complexity index is 830. The highest BCUT2D eigenvalue weighted by Gasteiger charge is 2.37. The number of hydrogen-bond donors (Lipinski definition) is 0. The van der Waals surface area contributed by atoms with Crippen LogP contribution in [0.3, 0.4) is 0 Å². The maximum Gasteiger partial charge on any atom is 0.268 e. The molecule has 0 saturated heterocycles. The van der Waals surface area contributed by atoms with Gasteiger partial charge in [-0.25, -0.2) is 8.42 Å². The van der Waals surface area contributed by atoms with E-state index in [2.05, 4.69) is 0 Å². The van der Waals surface area contributed by atoms with Crippen LogP contribution < -0.4 is 9.04 Å². The van der Waals surface area contributed by atoms with Crippen LogP contribution in [0.2, 0.25) is 0 Å². The van der Waals surface area contributed by atoms with Crippen LogP contribution in [0.4, 0.5) is 5.69 Å². The van der Waals surface area contributed by atoms with Gasteiger partial charge in [0.2, 0.25) is 0 Å². The van der Waals surface area contributed by atoms with Crippen molar-refractivity contribution in [2.75, 3.05) is 10.9 Å². The molecule has 0 bridgehead atoms. The number of para-hydroxylation sites is 1. The zero-order valence-corrected chi connectivity index (χ0v) is 14.4. The molecule has 0 amide bonds. The van der Waals surface area contributed by atoms with Gasteiger partial charge in [-0.3, -0.25) is 4.31 Å². The van der Waals surface area contributed by atoms with Crippen molar-refractivity contribution in [1.82, 2.24) is 0 Å². The molecule has 2 aromatic carbocycles. The van der Waals surface area contributed by atoms with Crippen molar-refractivity contribution in [1.29, 1.82) is 0 Å². The van der Waals surface area contributed by atoms with E-state index in [0.717, 1.165) is 23.2 Å². The molecule has 0 N–H and O–H groups in total. The number of fused-ring (bicyclic) bond motifs is 1. The molecule has 0 fully saturated rings. The number of sulfonamides is 1. The SMILES string of the molecule is CCOc1ccc(C)cc1S(=O)(=O)N1c2ccccc2C[C@@H]1C. The topological polar surface area (TPSA) is 46.6 Å². The molecule has 0 spiro atoms. The van der Waals surface area contributed by atoms with Crippen molar-refractivity contribution in [2.45, 2.75) is 38.1 Å². The monoisotopic (exact) mass is 331 g/mol. The number of benzene rings is 2. The molecule has 1 heterocycles. The van der Waals surface area contributed by atoms with E-state index >= 15 is 0 Å². The summed E-state index contributed by atoms with van der Waals surface area (Å²) in [6.45, 7) is 6.10. The number of aryl methyl sites for hydroxylation is 1. The third-order valence-electron chi connectivity index (χ3n) is 4.08. The second-order valence-electron chi connectivity index (χ2n) is 5.87. The summed E-state index contributed by atoms with van der Waals surface area (Å²) in [6.07, 6.45) is 0.727. The Morgan fingerprint density at radius 1 is 1.22 bits per heavy atom. The first-order chi connectivity index (χ1) is 10.9. The van der Waals surface area contributed by atoms with Crippen molar-refractivity contribution in [2.24, 2.45) is 0 Å². The van der Waals surface area contributed by atoms with Gasteiger partial charge in [-0.15, -0.1) is 0 Å². The third kappa shape index (κ3) is 2.70. The minimum absolute atomic E-state index is 0.104. The normalized spacial score (nSPS) is 17.2. The maximum absolute atomic E-state index is 13.3. The smallest absolute Gasteiger partial charge is 0.268 e. The fourth-order valence-electron chi connectivity index (χ4n) is 3.10. The first-order valence-electron chi connectivity index (χ1n) is 7.81. The van der Waals surface area contributed by atoms with Crippen LogP contribution in [0, 0.1) is 6.92 Å². The average Bonchev–Trinajstić information content (AvgIpc) is 2.85. The van der Waals surface area contributed by atoms with Gasteiger partial charge in [-0.1, -0.05) is 24.3 Å². The van der Waals surface area contributed by atoms with Crippen molar-refractivity contribution in [3.05, 3.63) is 53.6 Å². The average molecular weight is 331 g/mol. The van der Waals surface area contributed by atoms with Gasteiger partial charge in [0.25, 0.3) is 10.0 Å². The van der Waals surface area contributed by atoms with Gasteiger partial charge in [-0.2, -0.15) is 0 Å². The van der Waals surface area contributed by atoms with E-state index in [1.54, 1.807) is 12.1 Å². The summed E-state index contributed by atoms with van der Waals surface area (Å²) in [7, 11) is -3.67. The highest BCUT2D eigenvalue weighted by molar-refractivity contribution is 7.93. The van der Waals surface area contributed by atoms with E-state index in [0.29, 0.717) is 12.4 Å². The lowest BCUT2D eigenvalue weighted by molar-refractivity contribution is 0.331. The molecule has 1 atom stereocenters. The fourth-order valence-corrected chi connectivity index (χ4v) is 5.01. The number of ether oxygens (including phenoxy) is 1. The summed E-state index contributed by atoms with van der Waals surface area (Å²) in [5.74, 6) is 0.412. The molecule has 0 saturated carbocycles. The largest absolute Gasteiger partial charge is 0.492 e. The molecule has 0 unspecified atom stereocenters. The standard InChI is InChI=1S/C18H21NO3S/c1-4-22-17-10-9-13(2)11-18(17)23(20,21)19-14(3)12-15-7-5-6-8-16(15)19/h5-11,14H,4,12H2,1-3H3/t14-/m0/s1. The molecule has 0 radical (unpaired) electrons. The van der Waals surface area contributed by atoms with Gasteiger partial charge >= 0.3 is 0 Å². The molecule has 3 rings (SSSR count).